The van der Waals surface area contributed by atoms with Crippen molar-refractivity contribution in [3.63, 3.8) is 0 Å². The van der Waals surface area contributed by atoms with Crippen LogP contribution >= 0.6 is 0 Å². The quantitative estimate of drug-likeness (QED) is 0.737. The van der Waals surface area contributed by atoms with Crippen LogP contribution in [0.25, 0.3) is 0 Å². The van der Waals surface area contributed by atoms with E-state index >= 15 is 0 Å². The molecule has 0 fully saturated rings. The van der Waals surface area contributed by atoms with Crippen LogP contribution in [0.2, 0.25) is 0 Å². The third kappa shape index (κ3) is 9.02. The fourth-order valence-corrected chi connectivity index (χ4v) is 2.06. The topological polar surface area (TPSA) is 66.4 Å². The Bertz CT molecular complexity index is 281. The molecule has 0 rings (SSSR count). The lowest BCUT2D eigenvalue weighted by Crippen LogP contribution is -2.28. The number of nitrogens with one attached hydrogen (secondary N) is 1. The second kappa shape index (κ2) is 7.39. The highest BCUT2D eigenvalue weighted by Crippen LogP contribution is 2.25. The Morgan fingerprint density at radius 3 is 2.22 bits per heavy atom. The Morgan fingerprint density at radius 1 is 1.22 bits per heavy atom. The van der Waals surface area contributed by atoms with Crippen molar-refractivity contribution in [1.82, 2.24) is 5.32 Å². The Labute approximate surface area is 110 Å². The van der Waals surface area contributed by atoms with Crippen molar-refractivity contribution >= 4 is 11.9 Å². The molecule has 0 saturated carbocycles. The van der Waals surface area contributed by atoms with Crippen molar-refractivity contribution in [2.75, 3.05) is 6.54 Å². The summed E-state index contributed by atoms with van der Waals surface area (Å²) in [6.07, 6.45) is 2.00. The molecule has 4 nitrogen and oxygen atoms in total. The molecule has 0 aromatic carbocycles. The van der Waals surface area contributed by atoms with Crippen molar-refractivity contribution in [2.24, 2.45) is 17.3 Å². The van der Waals surface area contributed by atoms with Crippen LogP contribution in [0.3, 0.4) is 0 Å². The summed E-state index contributed by atoms with van der Waals surface area (Å²) in [5.74, 6) is -0.853. The number of carboxylic acids is 1. The fourth-order valence-electron chi connectivity index (χ4n) is 2.06. The van der Waals surface area contributed by atoms with Crippen LogP contribution in [-0.4, -0.2) is 23.5 Å². The van der Waals surface area contributed by atoms with Gasteiger partial charge >= 0.3 is 5.97 Å². The number of carbonyl (C=O) groups excluding carboxylic acids is 1. The van der Waals surface area contributed by atoms with Crippen molar-refractivity contribution in [3.05, 3.63) is 0 Å². The molecule has 106 valence electrons. The number of carbonyl (C=O) groups is 2. The average molecular weight is 257 g/mol. The van der Waals surface area contributed by atoms with Crippen LogP contribution in [0.1, 0.15) is 53.9 Å². The van der Waals surface area contributed by atoms with Crippen molar-refractivity contribution < 1.29 is 14.7 Å². The van der Waals surface area contributed by atoms with E-state index in [0.29, 0.717) is 25.3 Å². The Hall–Kier alpha value is -1.06. The molecular formula is C14H27NO3. The summed E-state index contributed by atoms with van der Waals surface area (Å²) in [4.78, 5) is 22.2. The predicted molar refractivity (Wildman–Crippen MR) is 72.3 cm³/mol. The molecular weight excluding hydrogens is 230 g/mol. The SMILES string of the molecule is CC(CC(=O)NCCC(C)C(=O)O)CC(C)(C)C. The van der Waals surface area contributed by atoms with Crippen LogP contribution in [0.4, 0.5) is 0 Å². The van der Waals surface area contributed by atoms with E-state index in [4.69, 9.17) is 5.11 Å². The zero-order valence-electron chi connectivity index (χ0n) is 12.2. The number of carboxylic acid groups (broad SMARTS) is 1. The smallest absolute Gasteiger partial charge is 0.306 e. The van der Waals surface area contributed by atoms with Gasteiger partial charge in [-0.25, -0.2) is 0 Å². The van der Waals surface area contributed by atoms with Gasteiger partial charge in [0.05, 0.1) is 5.92 Å². The number of aliphatic carboxylic acids is 1. The van der Waals surface area contributed by atoms with E-state index < -0.39 is 11.9 Å². The minimum atomic E-state index is -0.814. The zero-order valence-corrected chi connectivity index (χ0v) is 12.2. The summed E-state index contributed by atoms with van der Waals surface area (Å²) < 4.78 is 0. The van der Waals surface area contributed by atoms with Crippen LogP contribution in [0, 0.1) is 17.3 Å². The number of hydrogen-bond donors (Lipinski definition) is 2. The lowest BCUT2D eigenvalue weighted by atomic mass is 9.84. The fraction of sp³-hybridized carbons (Fsp3) is 0.857. The van der Waals surface area contributed by atoms with Gasteiger partial charge in [0.1, 0.15) is 0 Å². The van der Waals surface area contributed by atoms with Gasteiger partial charge in [-0.2, -0.15) is 0 Å². The second-order valence-electron chi connectivity index (χ2n) is 6.45. The van der Waals surface area contributed by atoms with Crippen molar-refractivity contribution in [1.29, 1.82) is 0 Å². The van der Waals surface area contributed by atoms with Gasteiger partial charge < -0.3 is 10.4 Å². The molecule has 0 aliphatic rings. The largest absolute Gasteiger partial charge is 0.481 e. The highest BCUT2D eigenvalue weighted by molar-refractivity contribution is 5.76. The minimum absolute atomic E-state index is 0.0179. The van der Waals surface area contributed by atoms with E-state index in [0.717, 1.165) is 6.42 Å². The summed E-state index contributed by atoms with van der Waals surface area (Å²) in [6.45, 7) is 10.7. The first-order chi connectivity index (χ1) is 8.11. The molecule has 0 saturated heterocycles. The van der Waals surface area contributed by atoms with Crippen LogP contribution in [-0.2, 0) is 9.59 Å². The maximum absolute atomic E-state index is 11.6. The molecule has 0 bridgehead atoms. The molecule has 0 aliphatic heterocycles. The monoisotopic (exact) mass is 257 g/mol. The summed E-state index contributed by atoms with van der Waals surface area (Å²) >= 11 is 0. The highest BCUT2D eigenvalue weighted by Gasteiger charge is 2.18. The second-order valence-corrected chi connectivity index (χ2v) is 6.45. The summed E-state index contributed by atoms with van der Waals surface area (Å²) in [5, 5.41) is 11.5. The molecule has 1 amide bonds. The Kier molecular flexibility index (Phi) is 6.96. The van der Waals surface area contributed by atoms with E-state index in [1.807, 2.05) is 0 Å². The van der Waals surface area contributed by atoms with E-state index in [9.17, 15) is 9.59 Å². The molecule has 2 atom stereocenters. The number of hydrogen-bond acceptors (Lipinski definition) is 2. The van der Waals surface area contributed by atoms with E-state index in [1.165, 1.54) is 0 Å². The molecule has 2 N–H and O–H groups in total. The van der Waals surface area contributed by atoms with E-state index in [2.05, 4.69) is 33.0 Å². The molecule has 0 aromatic heterocycles. The zero-order chi connectivity index (χ0) is 14.3. The van der Waals surface area contributed by atoms with Crippen LogP contribution < -0.4 is 5.32 Å². The molecule has 4 heteroatoms. The van der Waals surface area contributed by atoms with Crippen molar-refractivity contribution in [2.45, 2.75) is 53.9 Å². The molecule has 0 aliphatic carbocycles. The molecule has 0 spiro atoms. The van der Waals surface area contributed by atoms with E-state index in [1.54, 1.807) is 6.92 Å². The van der Waals surface area contributed by atoms with Gasteiger partial charge in [0.15, 0.2) is 0 Å². The van der Waals surface area contributed by atoms with Gasteiger partial charge in [0.25, 0.3) is 0 Å². The van der Waals surface area contributed by atoms with E-state index in [-0.39, 0.29) is 11.3 Å². The van der Waals surface area contributed by atoms with Gasteiger partial charge in [-0.1, -0.05) is 34.6 Å². The number of amides is 1. The minimum Gasteiger partial charge on any atom is -0.481 e. The molecule has 18 heavy (non-hydrogen) atoms. The Morgan fingerprint density at radius 2 is 1.78 bits per heavy atom. The summed E-state index contributed by atoms with van der Waals surface area (Å²) in [5.41, 5.74) is 0.234. The van der Waals surface area contributed by atoms with Crippen molar-refractivity contribution in [3.8, 4) is 0 Å². The first-order valence-electron chi connectivity index (χ1n) is 6.61. The third-order valence-electron chi connectivity index (χ3n) is 2.82. The Balaban J connectivity index is 3.81. The third-order valence-corrected chi connectivity index (χ3v) is 2.82. The van der Waals surface area contributed by atoms with Crippen LogP contribution in [0.15, 0.2) is 0 Å². The van der Waals surface area contributed by atoms with Gasteiger partial charge in [-0.15, -0.1) is 0 Å². The first-order valence-corrected chi connectivity index (χ1v) is 6.61. The lowest BCUT2D eigenvalue weighted by Gasteiger charge is -2.22. The number of rotatable bonds is 7. The normalized spacial score (nSPS) is 14.9. The summed E-state index contributed by atoms with van der Waals surface area (Å²) in [6, 6.07) is 0. The van der Waals surface area contributed by atoms with Gasteiger partial charge in [0.2, 0.25) is 5.91 Å². The van der Waals surface area contributed by atoms with Gasteiger partial charge in [-0.3, -0.25) is 9.59 Å². The maximum atomic E-state index is 11.6. The molecule has 0 heterocycles. The molecule has 0 aromatic rings. The van der Waals surface area contributed by atoms with Gasteiger partial charge in [0, 0.05) is 13.0 Å². The standard InChI is InChI=1S/C14H27NO3/c1-10(9-14(3,4)5)8-12(16)15-7-6-11(2)13(17)18/h10-11H,6-9H2,1-5H3,(H,15,16)(H,17,18). The highest BCUT2D eigenvalue weighted by atomic mass is 16.4. The van der Waals surface area contributed by atoms with Gasteiger partial charge in [-0.05, 0) is 24.2 Å². The van der Waals surface area contributed by atoms with Crippen LogP contribution in [0.5, 0.6) is 0 Å². The predicted octanol–water partition coefficient (Wildman–Crippen LogP) is 2.68. The maximum Gasteiger partial charge on any atom is 0.306 e. The molecule has 2 unspecified atom stereocenters. The first kappa shape index (κ1) is 16.9. The molecule has 0 radical (unpaired) electrons. The summed E-state index contributed by atoms with van der Waals surface area (Å²) in [7, 11) is 0. The lowest BCUT2D eigenvalue weighted by molar-refractivity contribution is -0.141. The average Bonchev–Trinajstić information content (AvgIpc) is 2.13.